The van der Waals surface area contributed by atoms with Gasteiger partial charge < -0.3 is 0 Å². The summed E-state index contributed by atoms with van der Waals surface area (Å²) >= 11 is 0. The Balaban J connectivity index is 0.00000353. The van der Waals surface area contributed by atoms with Crippen LogP contribution in [0.1, 0.15) is 0 Å². The van der Waals surface area contributed by atoms with Gasteiger partial charge in [0.25, 0.3) is 0 Å². The molecule has 0 aromatic heterocycles. The van der Waals surface area contributed by atoms with Gasteiger partial charge in [0.1, 0.15) is 41.0 Å². The van der Waals surface area contributed by atoms with E-state index in [9.17, 15) is 48.3 Å². The summed E-state index contributed by atoms with van der Waals surface area (Å²) in [5.41, 5.74) is -12.2. The van der Waals surface area contributed by atoms with Crippen molar-refractivity contribution in [2.24, 2.45) is 0 Å². The van der Waals surface area contributed by atoms with Crippen molar-refractivity contribution < 1.29 is 88.4 Å². The zero-order valence-corrected chi connectivity index (χ0v) is 20.4. The standard InChI is InChI=1S/C24H2BF18.2FH/c26-4-2-6(28)11(30)13(32)7(4)25(3-1-5(27)12(31)18(37)10(3)29,8-14(33)19(38)23(42)20(39)15(8)34)9-16(35)21(40)24(43)22(41)17(9)36;;/h1-2H;2*1H/q-1;;. The van der Waals surface area contributed by atoms with Crippen LogP contribution in [0.5, 0.6) is 0 Å². The molecule has 0 spiro atoms. The lowest BCUT2D eigenvalue weighted by Crippen LogP contribution is -2.80. The number of halogens is 20. The van der Waals surface area contributed by atoms with Gasteiger partial charge >= 0.3 is 0 Å². The molecular weight excluding hydrogens is 679 g/mol. The molecule has 0 saturated carbocycles. The van der Waals surface area contributed by atoms with Crippen LogP contribution in [-0.2, 0) is 0 Å². The van der Waals surface area contributed by atoms with Crippen molar-refractivity contribution in [1.82, 2.24) is 0 Å². The smallest absolute Gasteiger partial charge is 0.200 e. The maximum absolute atomic E-state index is 15.3. The van der Waals surface area contributed by atoms with E-state index in [4.69, 9.17) is 0 Å². The normalized spacial score (nSPS) is 11.4. The fourth-order valence-corrected chi connectivity index (χ4v) is 4.79. The van der Waals surface area contributed by atoms with E-state index >= 15 is 30.7 Å². The molecule has 0 aliphatic carbocycles. The zero-order valence-electron chi connectivity index (χ0n) is 20.4. The molecule has 0 bridgehead atoms. The van der Waals surface area contributed by atoms with Crippen LogP contribution in [0.2, 0.25) is 0 Å². The Morgan fingerprint density at radius 2 is 0.533 bits per heavy atom. The number of hydrogen-bond acceptors (Lipinski definition) is 0. The van der Waals surface area contributed by atoms with Gasteiger partial charge in [-0.3, -0.25) is 9.41 Å². The molecule has 4 rings (SSSR count). The highest BCUT2D eigenvalue weighted by atomic mass is 19.2. The summed E-state index contributed by atoms with van der Waals surface area (Å²) < 4.78 is 264. The minimum absolute atomic E-state index is 0. The first kappa shape index (κ1) is 36.7. The highest BCUT2D eigenvalue weighted by Crippen LogP contribution is 2.29. The van der Waals surface area contributed by atoms with Crippen LogP contribution in [0, 0.1) is 105 Å². The third-order valence-electron chi connectivity index (χ3n) is 6.53. The fraction of sp³-hybridized carbons (Fsp3) is 0. The van der Waals surface area contributed by atoms with Crippen LogP contribution >= 0.6 is 0 Å². The molecule has 0 N–H and O–H groups in total. The molecule has 244 valence electrons. The maximum Gasteiger partial charge on any atom is 0.200 e. The second-order valence-corrected chi connectivity index (χ2v) is 8.60. The van der Waals surface area contributed by atoms with E-state index in [0.717, 1.165) is 0 Å². The van der Waals surface area contributed by atoms with Crippen LogP contribution in [0.25, 0.3) is 0 Å². The molecular formula is C24H4BF20-. The Bertz CT molecular complexity index is 1740. The third-order valence-corrected chi connectivity index (χ3v) is 6.53. The lowest BCUT2D eigenvalue weighted by molar-refractivity contribution is 0.381. The van der Waals surface area contributed by atoms with Crippen LogP contribution in [0.15, 0.2) is 12.1 Å². The molecule has 0 atom stereocenters. The van der Waals surface area contributed by atoms with Gasteiger partial charge in [0.15, 0.2) is 64.0 Å². The van der Waals surface area contributed by atoms with Gasteiger partial charge in [0, 0.05) is 6.07 Å². The molecule has 0 heterocycles. The Morgan fingerprint density at radius 1 is 0.267 bits per heavy atom. The van der Waals surface area contributed by atoms with Crippen LogP contribution in [-0.4, -0.2) is 6.15 Å². The van der Waals surface area contributed by atoms with Gasteiger partial charge in [-0.2, -0.15) is 5.46 Å². The van der Waals surface area contributed by atoms with Gasteiger partial charge in [-0.05, 0) is 0 Å². The first-order valence-corrected chi connectivity index (χ1v) is 10.7. The molecule has 0 aliphatic rings. The lowest BCUT2D eigenvalue weighted by atomic mass is 9.12. The van der Waals surface area contributed by atoms with E-state index in [1.165, 1.54) is 0 Å². The first-order chi connectivity index (χ1) is 19.8. The minimum atomic E-state index is -6.56. The molecule has 0 amide bonds. The van der Waals surface area contributed by atoms with Crippen molar-refractivity contribution in [3.05, 3.63) is 117 Å². The van der Waals surface area contributed by atoms with Crippen molar-refractivity contribution in [2.75, 3.05) is 0 Å². The van der Waals surface area contributed by atoms with Crippen LogP contribution in [0.3, 0.4) is 0 Å². The minimum Gasteiger partial charge on any atom is -0.269 e. The Labute approximate surface area is 234 Å². The van der Waals surface area contributed by atoms with Gasteiger partial charge in [0.2, 0.25) is 0 Å². The topological polar surface area (TPSA) is 0 Å². The Kier molecular flexibility index (Phi) is 9.92. The molecule has 4 aromatic carbocycles. The summed E-state index contributed by atoms with van der Waals surface area (Å²) in [5.74, 6) is -57.5. The predicted molar refractivity (Wildman–Crippen MR) is 114 cm³/mol. The molecule has 0 unspecified atom stereocenters. The van der Waals surface area contributed by atoms with Crippen LogP contribution in [0.4, 0.5) is 88.4 Å². The quantitative estimate of drug-likeness (QED) is 0.109. The molecule has 0 radical (unpaired) electrons. The van der Waals surface area contributed by atoms with Crippen molar-refractivity contribution in [2.45, 2.75) is 0 Å². The van der Waals surface area contributed by atoms with Crippen LogP contribution < -0.4 is 21.9 Å². The largest absolute Gasteiger partial charge is 0.269 e. The van der Waals surface area contributed by atoms with E-state index < -0.39 is 145 Å². The maximum atomic E-state index is 15.3. The average molecular weight is 683 g/mol. The molecule has 0 aliphatic heterocycles. The first-order valence-electron chi connectivity index (χ1n) is 10.7. The molecule has 0 fully saturated rings. The van der Waals surface area contributed by atoms with Gasteiger partial charge in [-0.15, -0.1) is 16.4 Å². The summed E-state index contributed by atoms with van der Waals surface area (Å²) in [6, 6.07) is -1.85. The van der Waals surface area contributed by atoms with Crippen molar-refractivity contribution >= 4 is 28.0 Å². The molecule has 45 heavy (non-hydrogen) atoms. The van der Waals surface area contributed by atoms with E-state index in [1.807, 2.05) is 0 Å². The molecule has 21 heteroatoms. The summed E-state index contributed by atoms with van der Waals surface area (Å²) in [4.78, 5) is 0. The zero-order chi connectivity index (χ0) is 32.6. The van der Waals surface area contributed by atoms with E-state index in [0.29, 0.717) is 0 Å². The van der Waals surface area contributed by atoms with Crippen molar-refractivity contribution in [3.8, 4) is 0 Å². The Hall–Kier alpha value is -4.46. The summed E-state index contributed by atoms with van der Waals surface area (Å²) in [5, 5.41) is 0. The second-order valence-electron chi connectivity index (χ2n) is 8.60. The SMILES string of the molecule is F.F.Fc1cc([B-](c2c(F)cc(F)c(F)c2F)(c2c(F)c(F)c(F)c(F)c2F)c2c(F)c(F)c(F)c(F)c2F)c(F)c(F)c1F. The van der Waals surface area contributed by atoms with E-state index in [1.54, 1.807) is 0 Å². The average Bonchev–Trinajstić information content (AvgIpc) is 2.96. The number of hydrogen-bond donors (Lipinski definition) is 0. The molecule has 0 saturated heterocycles. The third kappa shape index (κ3) is 4.82. The summed E-state index contributed by atoms with van der Waals surface area (Å²) in [6.45, 7) is 0. The van der Waals surface area contributed by atoms with Gasteiger partial charge in [-0.1, -0.05) is 6.07 Å². The van der Waals surface area contributed by atoms with E-state index in [2.05, 4.69) is 0 Å². The van der Waals surface area contributed by atoms with Crippen molar-refractivity contribution in [3.63, 3.8) is 0 Å². The molecule has 0 nitrogen and oxygen atoms in total. The predicted octanol–water partition coefficient (Wildman–Crippen LogP) is 5.87. The van der Waals surface area contributed by atoms with E-state index in [-0.39, 0.29) is 9.41 Å². The summed E-state index contributed by atoms with van der Waals surface area (Å²) in [6.07, 6.45) is -6.56. The Morgan fingerprint density at radius 3 is 0.911 bits per heavy atom. The number of benzene rings is 4. The highest BCUT2D eigenvalue weighted by Gasteiger charge is 2.50. The second kappa shape index (κ2) is 12.1. The monoisotopic (exact) mass is 683 g/mol. The lowest BCUT2D eigenvalue weighted by Gasteiger charge is -2.44. The summed E-state index contributed by atoms with van der Waals surface area (Å²) in [7, 11) is 0. The number of rotatable bonds is 4. The van der Waals surface area contributed by atoms with Crippen molar-refractivity contribution in [1.29, 1.82) is 0 Å². The highest BCUT2D eigenvalue weighted by molar-refractivity contribution is 7.20. The fourth-order valence-electron chi connectivity index (χ4n) is 4.79. The van der Waals surface area contributed by atoms with Gasteiger partial charge in [-0.25, -0.2) is 79.0 Å². The van der Waals surface area contributed by atoms with Gasteiger partial charge in [0.05, 0.1) is 5.82 Å². The molecule has 4 aromatic rings.